The van der Waals surface area contributed by atoms with E-state index in [4.69, 9.17) is 0 Å². The molecule has 2 rings (SSSR count). The van der Waals surface area contributed by atoms with Crippen molar-refractivity contribution in [3.63, 3.8) is 0 Å². The highest BCUT2D eigenvalue weighted by molar-refractivity contribution is 9.09. The van der Waals surface area contributed by atoms with Crippen LogP contribution in [0.5, 0.6) is 0 Å². The predicted molar refractivity (Wildman–Crippen MR) is 79.9 cm³/mol. The van der Waals surface area contributed by atoms with Crippen molar-refractivity contribution in [1.82, 2.24) is 0 Å². The van der Waals surface area contributed by atoms with E-state index in [0.29, 0.717) is 11.7 Å². The van der Waals surface area contributed by atoms with Crippen molar-refractivity contribution in [2.45, 2.75) is 63.5 Å². The van der Waals surface area contributed by atoms with Crippen LogP contribution in [0.25, 0.3) is 0 Å². The second-order valence-corrected chi connectivity index (χ2v) is 9.38. The molecule has 18 heavy (non-hydrogen) atoms. The number of rotatable bonds is 4. The highest BCUT2D eigenvalue weighted by Gasteiger charge is 2.40. The van der Waals surface area contributed by atoms with E-state index in [1.165, 1.54) is 19.3 Å². The molecule has 0 aromatic heterocycles. The van der Waals surface area contributed by atoms with Gasteiger partial charge in [0.15, 0.2) is 9.84 Å². The molecule has 2 unspecified atom stereocenters. The third kappa shape index (κ3) is 3.30. The molecule has 0 radical (unpaired) electrons. The number of halogens is 1. The van der Waals surface area contributed by atoms with Crippen molar-refractivity contribution in [3.05, 3.63) is 0 Å². The second-order valence-electron chi connectivity index (χ2n) is 6.54. The minimum absolute atomic E-state index is 0.0412. The van der Waals surface area contributed by atoms with E-state index in [1.54, 1.807) is 0 Å². The predicted octanol–water partition coefficient (Wildman–Crippen LogP) is 3.94. The van der Waals surface area contributed by atoms with E-state index in [9.17, 15) is 8.42 Å². The van der Waals surface area contributed by atoms with Crippen molar-refractivity contribution >= 4 is 25.8 Å². The van der Waals surface area contributed by atoms with Crippen LogP contribution in [0.4, 0.5) is 0 Å². The Morgan fingerprint density at radius 1 is 1.17 bits per heavy atom. The van der Waals surface area contributed by atoms with E-state index in [0.717, 1.165) is 37.4 Å². The normalized spacial score (nSPS) is 32.6. The zero-order chi connectivity index (χ0) is 13.2. The van der Waals surface area contributed by atoms with Gasteiger partial charge in [0, 0.05) is 5.33 Å². The first kappa shape index (κ1) is 14.8. The van der Waals surface area contributed by atoms with Crippen LogP contribution >= 0.6 is 15.9 Å². The Kier molecular flexibility index (Phi) is 4.80. The van der Waals surface area contributed by atoms with Crippen molar-refractivity contribution in [2.24, 2.45) is 11.3 Å². The van der Waals surface area contributed by atoms with Crippen molar-refractivity contribution < 1.29 is 8.42 Å². The molecule has 0 bridgehead atoms. The Bertz CT molecular complexity index is 371. The van der Waals surface area contributed by atoms with Crippen LogP contribution in [0.1, 0.15) is 58.3 Å². The zero-order valence-corrected chi connectivity index (χ0v) is 13.7. The quantitative estimate of drug-likeness (QED) is 0.728. The summed E-state index contributed by atoms with van der Waals surface area (Å²) in [6.45, 7) is 2.19. The summed E-state index contributed by atoms with van der Waals surface area (Å²) in [5.41, 5.74) is 0.0412. The molecule has 2 fully saturated rings. The number of hydrogen-bond acceptors (Lipinski definition) is 2. The summed E-state index contributed by atoms with van der Waals surface area (Å²) in [7, 11) is -2.90. The van der Waals surface area contributed by atoms with Gasteiger partial charge in [0.25, 0.3) is 0 Å². The van der Waals surface area contributed by atoms with Crippen molar-refractivity contribution in [1.29, 1.82) is 0 Å². The van der Waals surface area contributed by atoms with E-state index in [-0.39, 0.29) is 10.7 Å². The number of sulfone groups is 1. The van der Waals surface area contributed by atoms with Gasteiger partial charge in [0.1, 0.15) is 0 Å². The van der Waals surface area contributed by atoms with Gasteiger partial charge in [-0.2, -0.15) is 0 Å². The minimum Gasteiger partial charge on any atom is -0.229 e. The van der Waals surface area contributed by atoms with Gasteiger partial charge < -0.3 is 0 Å². The third-order valence-corrected chi connectivity index (χ3v) is 8.50. The van der Waals surface area contributed by atoms with Crippen LogP contribution < -0.4 is 0 Å². The molecular weight excluding hydrogens is 312 g/mol. The molecule has 0 amide bonds. The van der Waals surface area contributed by atoms with Crippen molar-refractivity contribution in [3.8, 4) is 0 Å². The zero-order valence-electron chi connectivity index (χ0n) is 11.3. The van der Waals surface area contributed by atoms with Gasteiger partial charge in [-0.15, -0.1) is 0 Å². The Balaban J connectivity index is 2.06. The lowest BCUT2D eigenvalue weighted by molar-refractivity contribution is 0.365. The molecule has 4 heteroatoms. The van der Waals surface area contributed by atoms with Crippen molar-refractivity contribution in [2.75, 3.05) is 11.1 Å². The Hall–Kier alpha value is 0.430. The maximum Gasteiger partial charge on any atom is 0.153 e. The number of hydrogen-bond donors (Lipinski definition) is 0. The van der Waals surface area contributed by atoms with Gasteiger partial charge in [0.05, 0.1) is 11.0 Å². The molecule has 2 nitrogen and oxygen atoms in total. The van der Waals surface area contributed by atoms with E-state index in [1.807, 2.05) is 0 Å². The fourth-order valence-electron chi connectivity index (χ4n) is 3.69. The van der Waals surface area contributed by atoms with Crippen LogP contribution in [-0.4, -0.2) is 24.8 Å². The molecule has 2 aliphatic carbocycles. The monoisotopic (exact) mass is 336 g/mol. The maximum absolute atomic E-state index is 12.6. The van der Waals surface area contributed by atoms with Crippen LogP contribution in [0, 0.1) is 11.3 Å². The molecule has 0 aromatic rings. The van der Waals surface area contributed by atoms with Gasteiger partial charge in [-0.1, -0.05) is 48.5 Å². The second kappa shape index (κ2) is 5.82. The summed E-state index contributed by atoms with van der Waals surface area (Å²) in [6.07, 6.45) is 8.64. The molecule has 0 heterocycles. The SMILES string of the molecule is CC1CCCC(S(=O)(=O)CC2(CBr)CCCC2)C1. The smallest absolute Gasteiger partial charge is 0.153 e. The Morgan fingerprint density at radius 2 is 1.83 bits per heavy atom. The average molecular weight is 337 g/mol. The van der Waals surface area contributed by atoms with Gasteiger partial charge in [-0.05, 0) is 37.0 Å². The fourth-order valence-corrected chi connectivity index (χ4v) is 7.34. The molecule has 0 N–H and O–H groups in total. The highest BCUT2D eigenvalue weighted by atomic mass is 79.9. The lowest BCUT2D eigenvalue weighted by Gasteiger charge is -2.32. The maximum atomic E-state index is 12.6. The molecule has 2 atom stereocenters. The summed E-state index contributed by atoms with van der Waals surface area (Å²) >= 11 is 3.56. The highest BCUT2D eigenvalue weighted by Crippen LogP contribution is 2.42. The topological polar surface area (TPSA) is 34.1 Å². The molecule has 0 saturated heterocycles. The van der Waals surface area contributed by atoms with Gasteiger partial charge >= 0.3 is 0 Å². The Labute approximate surface area is 120 Å². The molecule has 0 aromatic carbocycles. The molecular formula is C14H25BrO2S. The van der Waals surface area contributed by atoms with E-state index in [2.05, 4.69) is 22.9 Å². The largest absolute Gasteiger partial charge is 0.229 e. The standard InChI is InChI=1S/C14H25BrO2S/c1-12-5-4-6-13(9-12)18(16,17)11-14(10-15)7-2-3-8-14/h12-13H,2-11H2,1H3. The first-order chi connectivity index (χ1) is 8.47. The number of alkyl halides is 1. The van der Waals surface area contributed by atoms with E-state index < -0.39 is 9.84 Å². The first-order valence-electron chi connectivity index (χ1n) is 7.25. The summed E-state index contributed by atoms with van der Waals surface area (Å²) in [5.74, 6) is 1.00. The summed E-state index contributed by atoms with van der Waals surface area (Å²) in [5, 5.41) is 0.791. The van der Waals surface area contributed by atoms with Gasteiger partial charge in [-0.25, -0.2) is 8.42 Å². The minimum atomic E-state index is -2.90. The summed E-state index contributed by atoms with van der Waals surface area (Å²) < 4.78 is 25.3. The molecule has 2 saturated carbocycles. The molecule has 0 spiro atoms. The van der Waals surface area contributed by atoms with Crippen LogP contribution in [0.15, 0.2) is 0 Å². The van der Waals surface area contributed by atoms with E-state index >= 15 is 0 Å². The first-order valence-corrected chi connectivity index (χ1v) is 10.1. The third-order valence-electron chi connectivity index (χ3n) is 4.85. The average Bonchev–Trinajstić information content (AvgIpc) is 2.77. The lowest BCUT2D eigenvalue weighted by atomic mass is 9.90. The summed E-state index contributed by atoms with van der Waals surface area (Å²) in [6, 6.07) is 0. The Morgan fingerprint density at radius 3 is 2.39 bits per heavy atom. The van der Waals surface area contributed by atoms with Gasteiger partial charge in [0.2, 0.25) is 0 Å². The molecule has 0 aliphatic heterocycles. The van der Waals surface area contributed by atoms with Crippen LogP contribution in [-0.2, 0) is 9.84 Å². The fraction of sp³-hybridized carbons (Fsp3) is 1.00. The van der Waals surface area contributed by atoms with Crippen LogP contribution in [0.2, 0.25) is 0 Å². The molecule has 106 valence electrons. The summed E-state index contributed by atoms with van der Waals surface area (Å²) in [4.78, 5) is 0. The van der Waals surface area contributed by atoms with Crippen LogP contribution in [0.3, 0.4) is 0 Å². The lowest BCUT2D eigenvalue weighted by Crippen LogP contribution is -2.37. The van der Waals surface area contributed by atoms with Gasteiger partial charge in [-0.3, -0.25) is 0 Å². The molecule has 2 aliphatic rings.